The van der Waals surface area contributed by atoms with Crippen LogP contribution in [0, 0.1) is 13.8 Å². The highest BCUT2D eigenvalue weighted by Gasteiger charge is 2.51. The van der Waals surface area contributed by atoms with Crippen LogP contribution in [0.5, 0.6) is 0 Å². The highest BCUT2D eigenvalue weighted by atomic mass is 32.2. The lowest BCUT2D eigenvalue weighted by atomic mass is 9.91. The van der Waals surface area contributed by atoms with E-state index in [2.05, 4.69) is 5.32 Å². The van der Waals surface area contributed by atoms with Crippen LogP contribution in [0.1, 0.15) is 76.3 Å². The number of benzene rings is 1. The third-order valence-corrected chi connectivity index (χ3v) is 8.89. The lowest BCUT2D eigenvalue weighted by molar-refractivity contribution is -0.133. The van der Waals surface area contributed by atoms with Crippen molar-refractivity contribution in [3.05, 3.63) is 29.3 Å². The summed E-state index contributed by atoms with van der Waals surface area (Å²) in [7, 11) is -3.63. The summed E-state index contributed by atoms with van der Waals surface area (Å²) in [5.74, 6) is -0.689. The van der Waals surface area contributed by atoms with Crippen LogP contribution in [0.2, 0.25) is 0 Å². The van der Waals surface area contributed by atoms with Crippen LogP contribution in [-0.2, 0) is 19.6 Å². The zero-order valence-electron chi connectivity index (χ0n) is 20.5. The number of amides is 2. The van der Waals surface area contributed by atoms with E-state index in [0.29, 0.717) is 12.1 Å². The standard InChI is InChI=1S/C25H39N3O4S/c1-5-15-33(31,32)27-17-23(29)28(22-14-13-19(2)16-20(22)3)25(4,18-27)24(30)26-21-11-9-7-6-8-10-12-21/h13-14,16,21H,5-12,15,17-18H2,1-4H3,(H,26,30). The van der Waals surface area contributed by atoms with E-state index in [4.69, 9.17) is 0 Å². The van der Waals surface area contributed by atoms with Gasteiger partial charge in [-0.2, -0.15) is 4.31 Å². The third-order valence-electron chi connectivity index (χ3n) is 6.92. The van der Waals surface area contributed by atoms with Gasteiger partial charge in [-0.1, -0.05) is 56.7 Å². The van der Waals surface area contributed by atoms with Gasteiger partial charge in [-0.05, 0) is 51.7 Å². The van der Waals surface area contributed by atoms with Crippen LogP contribution in [0.3, 0.4) is 0 Å². The molecule has 3 rings (SSSR count). The van der Waals surface area contributed by atoms with Crippen molar-refractivity contribution in [2.45, 2.75) is 90.6 Å². The van der Waals surface area contributed by atoms with Crippen molar-refractivity contribution in [2.75, 3.05) is 23.7 Å². The van der Waals surface area contributed by atoms with Gasteiger partial charge >= 0.3 is 0 Å². The largest absolute Gasteiger partial charge is 0.351 e. The number of rotatable bonds is 6. The second-order valence-electron chi connectivity index (χ2n) is 9.89. The molecule has 0 spiro atoms. The molecule has 1 aromatic carbocycles. The topological polar surface area (TPSA) is 86.8 Å². The van der Waals surface area contributed by atoms with E-state index in [9.17, 15) is 18.0 Å². The van der Waals surface area contributed by atoms with Crippen molar-refractivity contribution in [3.8, 4) is 0 Å². The number of anilines is 1. The quantitative estimate of drug-likeness (QED) is 0.677. The minimum atomic E-state index is -3.63. The first-order valence-corrected chi connectivity index (χ1v) is 13.9. The van der Waals surface area contributed by atoms with E-state index in [0.717, 1.165) is 36.8 Å². The first kappa shape index (κ1) is 25.7. The molecule has 1 aliphatic heterocycles. The van der Waals surface area contributed by atoms with E-state index >= 15 is 0 Å². The summed E-state index contributed by atoms with van der Waals surface area (Å²) < 4.78 is 27.0. The van der Waals surface area contributed by atoms with Crippen molar-refractivity contribution >= 4 is 27.5 Å². The van der Waals surface area contributed by atoms with Crippen molar-refractivity contribution in [1.29, 1.82) is 0 Å². The van der Waals surface area contributed by atoms with Crippen molar-refractivity contribution < 1.29 is 18.0 Å². The Morgan fingerprint density at radius 1 is 1.12 bits per heavy atom. The Hall–Kier alpha value is -1.93. The Bertz CT molecular complexity index is 970. The zero-order chi connectivity index (χ0) is 24.2. The molecule has 184 valence electrons. The molecule has 1 saturated heterocycles. The molecule has 1 atom stereocenters. The number of carbonyl (C=O) groups is 2. The summed E-state index contributed by atoms with van der Waals surface area (Å²) in [6.07, 6.45) is 7.99. The molecule has 2 fully saturated rings. The molecular formula is C25H39N3O4S. The molecule has 2 aliphatic rings. The number of nitrogens with one attached hydrogen (secondary N) is 1. The van der Waals surface area contributed by atoms with Gasteiger partial charge in [0.15, 0.2) is 0 Å². The van der Waals surface area contributed by atoms with Crippen molar-refractivity contribution in [3.63, 3.8) is 0 Å². The number of piperazine rings is 1. The van der Waals surface area contributed by atoms with Crippen LogP contribution in [-0.4, -0.2) is 55.0 Å². The molecular weight excluding hydrogens is 438 g/mol. The maximum Gasteiger partial charge on any atom is 0.247 e. The number of carbonyl (C=O) groups excluding carboxylic acids is 2. The van der Waals surface area contributed by atoms with Crippen LogP contribution in [0.4, 0.5) is 5.69 Å². The number of hydrogen-bond donors (Lipinski definition) is 1. The van der Waals surface area contributed by atoms with Gasteiger partial charge in [0.05, 0.1) is 12.3 Å². The predicted molar refractivity (Wildman–Crippen MR) is 132 cm³/mol. The van der Waals surface area contributed by atoms with E-state index in [1.54, 1.807) is 13.8 Å². The molecule has 1 aromatic rings. The molecule has 1 saturated carbocycles. The van der Waals surface area contributed by atoms with Gasteiger partial charge in [-0.25, -0.2) is 8.42 Å². The second-order valence-corrected chi connectivity index (χ2v) is 12.0. The summed E-state index contributed by atoms with van der Waals surface area (Å²) in [4.78, 5) is 28.8. The van der Waals surface area contributed by atoms with E-state index < -0.39 is 15.6 Å². The van der Waals surface area contributed by atoms with Gasteiger partial charge in [0.2, 0.25) is 21.8 Å². The number of hydrogen-bond acceptors (Lipinski definition) is 4. The molecule has 1 N–H and O–H groups in total. The van der Waals surface area contributed by atoms with E-state index in [-0.39, 0.29) is 36.7 Å². The Kier molecular flexibility index (Phi) is 8.22. The fourth-order valence-electron chi connectivity index (χ4n) is 5.12. The Morgan fingerprint density at radius 2 is 1.76 bits per heavy atom. The lowest BCUT2D eigenvalue weighted by Gasteiger charge is -2.47. The molecule has 7 nitrogen and oxygen atoms in total. The first-order valence-electron chi connectivity index (χ1n) is 12.3. The lowest BCUT2D eigenvalue weighted by Crippen LogP contribution is -2.71. The second kappa shape index (κ2) is 10.6. The van der Waals surface area contributed by atoms with Gasteiger partial charge in [0.25, 0.3) is 0 Å². The molecule has 33 heavy (non-hydrogen) atoms. The van der Waals surface area contributed by atoms with Gasteiger partial charge in [0.1, 0.15) is 5.54 Å². The summed E-state index contributed by atoms with van der Waals surface area (Å²) in [5.41, 5.74) is 1.28. The van der Waals surface area contributed by atoms with Gasteiger partial charge in [-0.3, -0.25) is 14.5 Å². The zero-order valence-corrected chi connectivity index (χ0v) is 21.3. The maximum absolute atomic E-state index is 13.8. The molecule has 0 bridgehead atoms. The smallest absolute Gasteiger partial charge is 0.247 e. The summed E-state index contributed by atoms with van der Waals surface area (Å²) in [6.45, 7) is 7.11. The predicted octanol–water partition coefficient (Wildman–Crippen LogP) is 3.68. The molecule has 2 amide bonds. The van der Waals surface area contributed by atoms with Gasteiger partial charge in [-0.15, -0.1) is 0 Å². The summed E-state index contributed by atoms with van der Waals surface area (Å²) in [5, 5.41) is 3.20. The molecule has 1 aliphatic carbocycles. The van der Waals surface area contributed by atoms with E-state index in [1.807, 2.05) is 32.0 Å². The van der Waals surface area contributed by atoms with Crippen molar-refractivity contribution in [1.82, 2.24) is 9.62 Å². The van der Waals surface area contributed by atoms with Gasteiger partial charge < -0.3 is 5.32 Å². The SMILES string of the molecule is CCCS(=O)(=O)N1CC(=O)N(c2ccc(C)cc2C)C(C)(C(=O)NC2CCCCCCC2)C1. The fraction of sp³-hybridized carbons (Fsp3) is 0.680. The van der Waals surface area contributed by atoms with Crippen LogP contribution < -0.4 is 10.2 Å². The van der Waals surface area contributed by atoms with Gasteiger partial charge in [0, 0.05) is 18.3 Å². The maximum atomic E-state index is 13.8. The number of aryl methyl sites for hydroxylation is 2. The highest BCUT2D eigenvalue weighted by molar-refractivity contribution is 7.89. The Morgan fingerprint density at radius 3 is 2.36 bits per heavy atom. The minimum Gasteiger partial charge on any atom is -0.351 e. The normalized spacial score (nSPS) is 23.8. The monoisotopic (exact) mass is 477 g/mol. The molecule has 8 heteroatoms. The summed E-state index contributed by atoms with van der Waals surface area (Å²) >= 11 is 0. The van der Waals surface area contributed by atoms with Crippen LogP contribution in [0.15, 0.2) is 18.2 Å². The van der Waals surface area contributed by atoms with E-state index in [1.165, 1.54) is 28.5 Å². The van der Waals surface area contributed by atoms with Crippen molar-refractivity contribution in [2.24, 2.45) is 0 Å². The minimum absolute atomic E-state index is 0.0375. The van der Waals surface area contributed by atoms with Crippen LogP contribution >= 0.6 is 0 Å². The molecule has 0 radical (unpaired) electrons. The number of sulfonamides is 1. The van der Waals surface area contributed by atoms with Crippen LogP contribution in [0.25, 0.3) is 0 Å². The molecule has 1 unspecified atom stereocenters. The molecule has 0 aromatic heterocycles. The Balaban J connectivity index is 1.98. The average molecular weight is 478 g/mol. The summed E-state index contributed by atoms with van der Waals surface area (Å²) in [6, 6.07) is 5.81. The Labute approximate surface area is 199 Å². The average Bonchev–Trinajstić information content (AvgIpc) is 2.70. The first-order chi connectivity index (χ1) is 15.6. The fourth-order valence-corrected chi connectivity index (χ4v) is 6.65. The molecule has 1 heterocycles. The number of nitrogens with zero attached hydrogens (tertiary/aromatic N) is 2. The highest BCUT2D eigenvalue weighted by Crippen LogP contribution is 2.34. The third kappa shape index (κ3) is 5.77.